The van der Waals surface area contributed by atoms with Gasteiger partial charge in [0, 0.05) is 23.5 Å². The summed E-state index contributed by atoms with van der Waals surface area (Å²) in [5.74, 6) is -0.00891. The van der Waals surface area contributed by atoms with Crippen LogP contribution in [-0.4, -0.2) is 20.6 Å². The highest BCUT2D eigenvalue weighted by Crippen LogP contribution is 2.30. The predicted molar refractivity (Wildman–Crippen MR) is 98.1 cm³/mol. The number of halogens is 3. The molecule has 0 fully saturated rings. The number of benzene rings is 2. The lowest BCUT2D eigenvalue weighted by Crippen LogP contribution is -2.10. The van der Waals surface area contributed by atoms with Crippen LogP contribution in [0.3, 0.4) is 0 Å². The van der Waals surface area contributed by atoms with Gasteiger partial charge >= 0.3 is 6.18 Å². The molecule has 0 unspecified atom stereocenters. The van der Waals surface area contributed by atoms with E-state index in [9.17, 15) is 18.0 Å². The molecule has 1 amide bonds. The molecule has 0 aliphatic heterocycles. The molecule has 2 aromatic carbocycles. The summed E-state index contributed by atoms with van der Waals surface area (Å²) in [7, 11) is 0. The normalized spacial score (nSPS) is 11.8. The first-order chi connectivity index (χ1) is 13.8. The molecule has 2 aromatic heterocycles. The van der Waals surface area contributed by atoms with Crippen molar-refractivity contribution in [1.82, 2.24) is 14.7 Å². The number of carbonyl (C=O) groups is 1. The molecule has 4 aromatic rings. The molecule has 0 radical (unpaired) electrons. The second kappa shape index (κ2) is 7.08. The molecule has 0 spiro atoms. The Morgan fingerprint density at radius 3 is 2.69 bits per heavy atom. The Hall–Kier alpha value is -3.62. The fourth-order valence-corrected chi connectivity index (χ4v) is 3.19. The molecular weight excluding hydrogens is 385 g/mol. The number of alkyl halides is 3. The summed E-state index contributed by atoms with van der Waals surface area (Å²) in [6, 6.07) is 12.3. The summed E-state index contributed by atoms with van der Waals surface area (Å²) in [6.45, 7) is 0.198. The number of hydrogen-bond acceptors (Lipinski definition) is 4. The number of carbonyl (C=O) groups excluding carboxylic acids is 1. The second-order valence-electron chi connectivity index (χ2n) is 6.53. The summed E-state index contributed by atoms with van der Waals surface area (Å²) >= 11 is 0. The lowest BCUT2D eigenvalue weighted by Gasteiger charge is -2.07. The zero-order valence-corrected chi connectivity index (χ0v) is 15.0. The number of primary amides is 1. The number of para-hydroxylation sites is 1. The Morgan fingerprint density at radius 1 is 1.14 bits per heavy atom. The summed E-state index contributed by atoms with van der Waals surface area (Å²) in [6.07, 6.45) is -2.69. The largest absolute Gasteiger partial charge is 0.416 e. The molecule has 9 heteroatoms. The van der Waals surface area contributed by atoms with Crippen molar-refractivity contribution in [2.45, 2.75) is 19.1 Å². The average Bonchev–Trinajstić information content (AvgIpc) is 3.26. The third kappa shape index (κ3) is 3.84. The zero-order chi connectivity index (χ0) is 20.6. The first kappa shape index (κ1) is 18.7. The van der Waals surface area contributed by atoms with Crippen LogP contribution >= 0.6 is 0 Å². The highest BCUT2D eigenvalue weighted by Gasteiger charge is 2.30. The summed E-state index contributed by atoms with van der Waals surface area (Å²) in [4.78, 5) is 15.9. The van der Waals surface area contributed by atoms with Gasteiger partial charge in [-0.05, 0) is 17.7 Å². The average molecular weight is 400 g/mol. The smallest absolute Gasteiger partial charge is 0.366 e. The predicted octanol–water partition coefficient (Wildman–Crippen LogP) is 3.78. The molecule has 0 aliphatic rings. The minimum absolute atomic E-state index is 0.104. The van der Waals surface area contributed by atoms with E-state index in [-0.39, 0.29) is 24.7 Å². The lowest BCUT2D eigenvalue weighted by atomic mass is 10.1. The van der Waals surface area contributed by atoms with Crippen LogP contribution in [0.15, 0.2) is 59.3 Å². The highest BCUT2D eigenvalue weighted by atomic mass is 19.4. The maximum atomic E-state index is 12.9. The first-order valence-corrected chi connectivity index (χ1v) is 8.66. The molecular formula is C20H15F3N4O2. The molecule has 0 saturated heterocycles. The van der Waals surface area contributed by atoms with Gasteiger partial charge in [0.05, 0.1) is 11.1 Å². The fraction of sp³-hybridized carbons (Fsp3) is 0.150. The molecule has 148 valence electrons. The maximum Gasteiger partial charge on any atom is 0.416 e. The van der Waals surface area contributed by atoms with E-state index in [4.69, 9.17) is 10.3 Å². The second-order valence-corrected chi connectivity index (χ2v) is 6.53. The number of nitrogens with two attached hydrogens (primary N) is 1. The van der Waals surface area contributed by atoms with Crippen molar-refractivity contribution in [2.24, 2.45) is 5.73 Å². The number of hydrogen-bond donors (Lipinski definition) is 1. The van der Waals surface area contributed by atoms with Gasteiger partial charge in [-0.25, -0.2) is 0 Å². The van der Waals surface area contributed by atoms with E-state index >= 15 is 0 Å². The van der Waals surface area contributed by atoms with E-state index in [2.05, 4.69) is 10.1 Å². The fourth-order valence-electron chi connectivity index (χ4n) is 3.19. The van der Waals surface area contributed by atoms with Crippen molar-refractivity contribution < 1.29 is 22.5 Å². The first-order valence-electron chi connectivity index (χ1n) is 8.66. The molecule has 0 atom stereocenters. The van der Waals surface area contributed by atoms with E-state index in [1.165, 1.54) is 6.07 Å². The molecule has 6 nitrogen and oxygen atoms in total. The Kier molecular flexibility index (Phi) is 4.57. The van der Waals surface area contributed by atoms with Gasteiger partial charge < -0.3 is 14.8 Å². The van der Waals surface area contributed by atoms with E-state index in [0.29, 0.717) is 16.5 Å². The topological polar surface area (TPSA) is 86.9 Å². The van der Waals surface area contributed by atoms with Crippen molar-refractivity contribution in [3.05, 3.63) is 83.1 Å². The quantitative estimate of drug-likeness (QED) is 0.552. The van der Waals surface area contributed by atoms with Gasteiger partial charge in [0.1, 0.15) is 6.54 Å². The van der Waals surface area contributed by atoms with Crippen LogP contribution in [0.4, 0.5) is 13.2 Å². The number of rotatable bonds is 5. The number of nitrogens with zero attached hydrogens (tertiary/aromatic N) is 3. The summed E-state index contributed by atoms with van der Waals surface area (Å²) < 4.78 is 45.6. The Bertz CT molecular complexity index is 1190. The van der Waals surface area contributed by atoms with E-state index < -0.39 is 17.6 Å². The lowest BCUT2D eigenvalue weighted by molar-refractivity contribution is -0.137. The minimum Gasteiger partial charge on any atom is -0.366 e. The van der Waals surface area contributed by atoms with Gasteiger partial charge in [-0.15, -0.1) is 0 Å². The Morgan fingerprint density at radius 2 is 1.93 bits per heavy atom. The van der Waals surface area contributed by atoms with Gasteiger partial charge in [-0.2, -0.15) is 18.2 Å². The van der Waals surface area contributed by atoms with E-state index in [0.717, 1.165) is 17.6 Å². The van der Waals surface area contributed by atoms with Gasteiger partial charge in [0.2, 0.25) is 5.89 Å². The molecule has 2 N–H and O–H groups in total. The van der Waals surface area contributed by atoms with Gasteiger partial charge in [-0.1, -0.05) is 41.6 Å². The molecule has 4 rings (SSSR count). The van der Waals surface area contributed by atoms with Crippen LogP contribution in [0.1, 0.15) is 33.2 Å². The van der Waals surface area contributed by atoms with Crippen LogP contribution in [-0.2, 0) is 19.1 Å². The SMILES string of the molecule is NC(=O)c1cn(Cc2nc(Cc3cccc(C(F)(F)F)c3)no2)c2ccccc12. The van der Waals surface area contributed by atoms with Crippen molar-refractivity contribution in [3.8, 4) is 0 Å². The molecule has 29 heavy (non-hydrogen) atoms. The van der Waals surface area contributed by atoms with E-state index in [1.807, 2.05) is 12.1 Å². The molecule has 2 heterocycles. The molecule has 0 saturated carbocycles. The number of amides is 1. The van der Waals surface area contributed by atoms with Crippen molar-refractivity contribution in [2.75, 3.05) is 0 Å². The third-order valence-electron chi connectivity index (χ3n) is 4.49. The molecule has 0 bridgehead atoms. The standard InChI is InChI=1S/C20H15F3N4O2/c21-20(22,23)13-5-3-4-12(8-13)9-17-25-18(29-26-17)11-27-10-15(19(24)28)14-6-1-2-7-16(14)27/h1-8,10H,9,11H2,(H2,24,28). The van der Waals surface area contributed by atoms with Crippen LogP contribution in [0.25, 0.3) is 10.9 Å². The van der Waals surface area contributed by atoms with Crippen LogP contribution in [0, 0.1) is 0 Å². The van der Waals surface area contributed by atoms with Gasteiger partial charge in [-0.3, -0.25) is 4.79 Å². The monoisotopic (exact) mass is 400 g/mol. The van der Waals surface area contributed by atoms with Crippen LogP contribution in [0.5, 0.6) is 0 Å². The van der Waals surface area contributed by atoms with Gasteiger partial charge in [0.25, 0.3) is 5.91 Å². The van der Waals surface area contributed by atoms with Crippen molar-refractivity contribution in [1.29, 1.82) is 0 Å². The van der Waals surface area contributed by atoms with Gasteiger partial charge in [0.15, 0.2) is 5.82 Å². The van der Waals surface area contributed by atoms with Crippen LogP contribution in [0.2, 0.25) is 0 Å². The number of aromatic nitrogens is 3. The van der Waals surface area contributed by atoms with E-state index in [1.54, 1.807) is 29.0 Å². The van der Waals surface area contributed by atoms with Crippen LogP contribution < -0.4 is 5.73 Å². The van der Waals surface area contributed by atoms with Crippen molar-refractivity contribution >= 4 is 16.8 Å². The van der Waals surface area contributed by atoms with Crippen molar-refractivity contribution in [3.63, 3.8) is 0 Å². The Balaban J connectivity index is 1.57. The molecule has 0 aliphatic carbocycles. The third-order valence-corrected chi connectivity index (χ3v) is 4.49. The maximum absolute atomic E-state index is 12.9. The zero-order valence-electron chi connectivity index (χ0n) is 15.0. The highest BCUT2D eigenvalue weighted by molar-refractivity contribution is 6.06. The summed E-state index contributed by atoms with van der Waals surface area (Å²) in [5.41, 5.74) is 6.29. The summed E-state index contributed by atoms with van der Waals surface area (Å²) in [5, 5.41) is 4.56. The Labute approximate surface area is 162 Å². The minimum atomic E-state index is -4.41. The number of fused-ring (bicyclic) bond motifs is 1.